The second-order valence-corrected chi connectivity index (χ2v) is 9.50. The maximum Gasteiger partial charge on any atom is 0.214 e. The van der Waals surface area contributed by atoms with E-state index in [4.69, 9.17) is 32.7 Å². The second kappa shape index (κ2) is 14.3. The highest BCUT2D eigenvalue weighted by molar-refractivity contribution is 7.99. The summed E-state index contributed by atoms with van der Waals surface area (Å²) >= 11 is 13.8. The summed E-state index contributed by atoms with van der Waals surface area (Å²) in [6.07, 6.45) is 0.979. The van der Waals surface area contributed by atoms with E-state index in [-0.39, 0.29) is 12.4 Å². The van der Waals surface area contributed by atoms with Crippen molar-refractivity contribution in [1.29, 1.82) is 0 Å². The highest BCUT2D eigenvalue weighted by Gasteiger charge is 2.10. The molecule has 4 aromatic rings. The number of para-hydroxylation sites is 1. The first-order valence-electron chi connectivity index (χ1n) is 11.0. The quantitative estimate of drug-likeness (QED) is 0.160. The lowest BCUT2D eigenvalue weighted by atomic mass is 10.2. The summed E-state index contributed by atoms with van der Waals surface area (Å²) < 4.78 is 13.2. The van der Waals surface area contributed by atoms with Gasteiger partial charge in [-0.05, 0) is 65.4 Å². The molecule has 0 radical (unpaired) electrons. The molecule has 0 saturated carbocycles. The van der Waals surface area contributed by atoms with Gasteiger partial charge >= 0.3 is 0 Å². The number of methoxy groups -OCH3 is 1. The Bertz CT molecular complexity index is 1240. The van der Waals surface area contributed by atoms with E-state index in [9.17, 15) is 0 Å². The van der Waals surface area contributed by atoms with Crippen LogP contribution in [0.15, 0.2) is 71.9 Å². The van der Waals surface area contributed by atoms with Crippen molar-refractivity contribution in [1.82, 2.24) is 25.5 Å². The van der Waals surface area contributed by atoms with Gasteiger partial charge < -0.3 is 14.8 Å². The van der Waals surface area contributed by atoms with E-state index in [1.165, 1.54) is 0 Å². The Labute approximate surface area is 230 Å². The maximum absolute atomic E-state index is 6.24. The number of benzene rings is 3. The summed E-state index contributed by atoms with van der Waals surface area (Å²) in [6.45, 7) is 1.93. The Morgan fingerprint density at radius 1 is 1.00 bits per heavy atom. The minimum Gasteiger partial charge on any atom is -0.493 e. The number of rotatable bonds is 12. The third-order valence-electron chi connectivity index (χ3n) is 5.13. The molecule has 0 spiro atoms. The number of hydrogen-bond acceptors (Lipinski definition) is 7. The Morgan fingerprint density at radius 2 is 1.83 bits per heavy atom. The normalized spacial score (nSPS) is 10.6. The molecular formula is C25H26Cl3N5O2S. The van der Waals surface area contributed by atoms with Gasteiger partial charge in [-0.25, -0.2) is 0 Å². The molecule has 36 heavy (non-hydrogen) atoms. The molecule has 4 rings (SSSR count). The van der Waals surface area contributed by atoms with Crippen molar-refractivity contribution < 1.29 is 9.47 Å². The standard InChI is InChI=1S/C25H25Cl2N5O2S.ClH/c1-33-24-14-18(8-11-23(24)34-17-19-9-10-20(26)15-22(19)27)16-28-12-5-13-35-25-29-30-31-32(25)21-6-3-2-4-7-21;/h2-4,6-11,14-15,28H,5,12-13,16-17H2,1H3;1H. The van der Waals surface area contributed by atoms with Gasteiger partial charge in [-0.15, -0.1) is 17.5 Å². The van der Waals surface area contributed by atoms with Gasteiger partial charge in [0, 0.05) is 27.9 Å². The Balaban J connectivity index is 0.00000361. The van der Waals surface area contributed by atoms with Crippen molar-refractivity contribution in [3.05, 3.63) is 87.9 Å². The van der Waals surface area contributed by atoms with E-state index in [1.54, 1.807) is 35.7 Å². The van der Waals surface area contributed by atoms with E-state index < -0.39 is 0 Å². The van der Waals surface area contributed by atoms with Crippen LogP contribution >= 0.6 is 47.4 Å². The van der Waals surface area contributed by atoms with Crippen molar-refractivity contribution in [3.63, 3.8) is 0 Å². The monoisotopic (exact) mass is 565 g/mol. The first-order chi connectivity index (χ1) is 17.1. The molecule has 1 aromatic heterocycles. The van der Waals surface area contributed by atoms with Gasteiger partial charge in [0.1, 0.15) is 6.61 Å². The largest absolute Gasteiger partial charge is 0.493 e. The average Bonchev–Trinajstić information content (AvgIpc) is 3.35. The van der Waals surface area contributed by atoms with Gasteiger partial charge in [-0.3, -0.25) is 0 Å². The summed E-state index contributed by atoms with van der Waals surface area (Å²) in [6, 6.07) is 21.2. The number of thioether (sulfide) groups is 1. The summed E-state index contributed by atoms with van der Waals surface area (Å²) in [5.41, 5.74) is 2.93. The van der Waals surface area contributed by atoms with Gasteiger partial charge in [0.15, 0.2) is 11.5 Å². The number of halogens is 3. The molecule has 0 aliphatic carbocycles. The average molecular weight is 567 g/mol. The van der Waals surface area contributed by atoms with Crippen LogP contribution in [-0.4, -0.2) is 39.6 Å². The third-order valence-corrected chi connectivity index (χ3v) is 6.72. The molecule has 11 heteroatoms. The first kappa shape index (κ1) is 28.1. The van der Waals surface area contributed by atoms with Crippen molar-refractivity contribution in [3.8, 4) is 17.2 Å². The molecule has 190 valence electrons. The lowest BCUT2D eigenvalue weighted by molar-refractivity contribution is 0.284. The molecule has 0 saturated heterocycles. The lowest BCUT2D eigenvalue weighted by Gasteiger charge is -2.13. The molecule has 0 aliphatic rings. The zero-order chi connectivity index (χ0) is 24.5. The molecule has 0 fully saturated rings. The van der Waals surface area contributed by atoms with Gasteiger partial charge in [-0.2, -0.15) is 4.68 Å². The highest BCUT2D eigenvalue weighted by Crippen LogP contribution is 2.30. The Morgan fingerprint density at radius 3 is 2.61 bits per heavy atom. The van der Waals surface area contributed by atoms with Crippen LogP contribution in [0.25, 0.3) is 5.69 Å². The smallest absolute Gasteiger partial charge is 0.214 e. The number of aromatic nitrogens is 4. The van der Waals surface area contributed by atoms with Crippen LogP contribution in [-0.2, 0) is 13.2 Å². The van der Waals surface area contributed by atoms with Gasteiger partial charge in [-0.1, -0.05) is 65.3 Å². The van der Waals surface area contributed by atoms with Crippen LogP contribution in [0.2, 0.25) is 10.0 Å². The van der Waals surface area contributed by atoms with Crippen molar-refractivity contribution in [2.45, 2.75) is 24.7 Å². The van der Waals surface area contributed by atoms with E-state index in [2.05, 4.69) is 20.8 Å². The van der Waals surface area contributed by atoms with Crippen LogP contribution in [0, 0.1) is 0 Å². The third kappa shape index (κ3) is 7.75. The zero-order valence-corrected chi connectivity index (χ0v) is 22.7. The Hall–Kier alpha value is -2.49. The van der Waals surface area contributed by atoms with Crippen molar-refractivity contribution >= 4 is 47.4 Å². The van der Waals surface area contributed by atoms with Gasteiger partial charge in [0.2, 0.25) is 5.16 Å². The summed E-state index contributed by atoms with van der Waals surface area (Å²) in [5.74, 6) is 2.25. The second-order valence-electron chi connectivity index (χ2n) is 7.60. The molecule has 0 bridgehead atoms. The van der Waals surface area contributed by atoms with Crippen molar-refractivity contribution in [2.24, 2.45) is 0 Å². The fourth-order valence-electron chi connectivity index (χ4n) is 3.33. The Kier molecular flexibility index (Phi) is 11.2. The molecule has 3 aromatic carbocycles. The van der Waals surface area contributed by atoms with Crippen LogP contribution in [0.5, 0.6) is 11.5 Å². The van der Waals surface area contributed by atoms with Crippen molar-refractivity contribution in [2.75, 3.05) is 19.4 Å². The molecule has 0 atom stereocenters. The lowest BCUT2D eigenvalue weighted by Crippen LogP contribution is -2.15. The summed E-state index contributed by atoms with van der Waals surface area (Å²) in [4.78, 5) is 0. The molecule has 1 heterocycles. The SMILES string of the molecule is COc1cc(CNCCCSc2nnnn2-c2ccccc2)ccc1OCc1ccc(Cl)cc1Cl.Cl. The minimum absolute atomic E-state index is 0. The van der Waals surface area contributed by atoms with Gasteiger partial charge in [0.25, 0.3) is 0 Å². The number of hydrogen-bond donors (Lipinski definition) is 1. The van der Waals surface area contributed by atoms with Gasteiger partial charge in [0.05, 0.1) is 12.8 Å². The highest BCUT2D eigenvalue weighted by atomic mass is 35.5. The predicted molar refractivity (Wildman–Crippen MR) is 147 cm³/mol. The summed E-state index contributed by atoms with van der Waals surface area (Å²) in [7, 11) is 1.63. The molecule has 1 N–H and O–H groups in total. The molecular weight excluding hydrogens is 541 g/mol. The van der Waals surface area contributed by atoms with E-state index in [1.807, 2.05) is 54.6 Å². The van der Waals surface area contributed by atoms with Crippen LogP contribution in [0.3, 0.4) is 0 Å². The number of nitrogens with zero attached hydrogens (tertiary/aromatic N) is 4. The molecule has 0 aliphatic heterocycles. The van der Waals surface area contributed by atoms with E-state index in [0.717, 1.165) is 47.2 Å². The van der Waals surface area contributed by atoms with Crippen LogP contribution in [0.4, 0.5) is 0 Å². The molecule has 0 unspecified atom stereocenters. The molecule has 7 nitrogen and oxygen atoms in total. The van der Waals surface area contributed by atoms with E-state index in [0.29, 0.717) is 28.2 Å². The van der Waals surface area contributed by atoms with E-state index >= 15 is 0 Å². The fraction of sp³-hybridized carbons (Fsp3) is 0.240. The maximum atomic E-state index is 6.24. The first-order valence-corrected chi connectivity index (χ1v) is 12.8. The fourth-order valence-corrected chi connectivity index (χ4v) is 4.62. The number of tetrazole rings is 1. The predicted octanol–water partition coefficient (Wildman–Crippen LogP) is 6.25. The summed E-state index contributed by atoms with van der Waals surface area (Å²) in [5, 5.41) is 17.5. The minimum atomic E-state index is 0. The number of ether oxygens (including phenoxy) is 2. The van der Waals surface area contributed by atoms with Crippen LogP contribution < -0.4 is 14.8 Å². The number of nitrogens with one attached hydrogen (secondary N) is 1. The van der Waals surface area contributed by atoms with Crippen LogP contribution in [0.1, 0.15) is 17.5 Å². The molecule has 0 amide bonds. The topological polar surface area (TPSA) is 74.1 Å². The zero-order valence-electron chi connectivity index (χ0n) is 19.6.